The van der Waals surface area contributed by atoms with Crippen LogP contribution in [0.3, 0.4) is 0 Å². The van der Waals surface area contributed by atoms with Crippen LogP contribution in [0, 0.1) is 5.82 Å². The molecule has 5 nitrogen and oxygen atoms in total. The number of carbonyl (C=O) groups is 2. The fourth-order valence-electron chi connectivity index (χ4n) is 3.92. The zero-order valence-electron chi connectivity index (χ0n) is 16.5. The van der Waals surface area contributed by atoms with Crippen LogP contribution in [0.5, 0.6) is 0 Å². The van der Waals surface area contributed by atoms with Crippen LogP contribution in [0.2, 0.25) is 0 Å². The lowest BCUT2D eigenvalue weighted by molar-refractivity contribution is -0.133. The molecule has 2 aromatic rings. The fraction of sp³-hybridized carbons (Fsp3) is 0.455. The number of nitrogens with zero attached hydrogens (tertiary/aromatic N) is 3. The summed E-state index contributed by atoms with van der Waals surface area (Å²) in [6.45, 7) is 4.93. The van der Waals surface area contributed by atoms with Crippen LogP contribution in [0.15, 0.2) is 36.4 Å². The number of piperazine rings is 1. The predicted molar refractivity (Wildman–Crippen MR) is 112 cm³/mol. The Morgan fingerprint density at radius 2 is 1.52 bits per heavy atom. The van der Waals surface area contributed by atoms with Gasteiger partial charge in [0.05, 0.1) is 11.4 Å². The molecule has 0 unspecified atom stereocenters. The van der Waals surface area contributed by atoms with E-state index in [0.717, 1.165) is 49.5 Å². The van der Waals surface area contributed by atoms with E-state index in [2.05, 4.69) is 4.90 Å². The maximum Gasteiger partial charge on any atom is 0.264 e. The van der Waals surface area contributed by atoms with E-state index >= 15 is 0 Å². The van der Waals surface area contributed by atoms with Gasteiger partial charge in [-0.2, -0.15) is 0 Å². The SMILES string of the molecule is O=C(CN1CCN(C(=O)c2ccc(-c3ccc(F)cc3)s2)CC1)N1CCCCC1. The van der Waals surface area contributed by atoms with Gasteiger partial charge >= 0.3 is 0 Å². The first-order valence-electron chi connectivity index (χ1n) is 10.3. The molecule has 3 heterocycles. The van der Waals surface area contributed by atoms with Crippen molar-refractivity contribution in [2.24, 2.45) is 0 Å². The van der Waals surface area contributed by atoms with Crippen molar-refractivity contribution in [3.8, 4) is 10.4 Å². The average molecular weight is 416 g/mol. The fourth-order valence-corrected chi connectivity index (χ4v) is 4.90. The van der Waals surface area contributed by atoms with E-state index in [0.29, 0.717) is 24.5 Å². The number of rotatable bonds is 4. The van der Waals surface area contributed by atoms with Crippen molar-refractivity contribution in [1.29, 1.82) is 0 Å². The van der Waals surface area contributed by atoms with Crippen molar-refractivity contribution < 1.29 is 14.0 Å². The van der Waals surface area contributed by atoms with Crippen molar-refractivity contribution in [1.82, 2.24) is 14.7 Å². The second-order valence-corrected chi connectivity index (χ2v) is 8.76. The normalized spacial score (nSPS) is 18.1. The Labute approximate surface area is 174 Å². The van der Waals surface area contributed by atoms with Crippen molar-refractivity contribution in [2.75, 3.05) is 45.8 Å². The lowest BCUT2D eigenvalue weighted by Gasteiger charge is -2.35. The molecule has 2 saturated heterocycles. The summed E-state index contributed by atoms with van der Waals surface area (Å²) < 4.78 is 13.1. The molecule has 4 rings (SSSR count). The number of halogens is 1. The number of benzene rings is 1. The summed E-state index contributed by atoms with van der Waals surface area (Å²) >= 11 is 1.44. The molecule has 2 amide bonds. The maximum absolute atomic E-state index is 13.1. The van der Waals surface area contributed by atoms with Gasteiger partial charge in [0, 0.05) is 44.1 Å². The minimum Gasteiger partial charge on any atom is -0.342 e. The smallest absolute Gasteiger partial charge is 0.264 e. The molecule has 0 aliphatic carbocycles. The monoisotopic (exact) mass is 415 g/mol. The molecule has 0 spiro atoms. The number of hydrogen-bond acceptors (Lipinski definition) is 4. The molecule has 1 aromatic heterocycles. The van der Waals surface area contributed by atoms with Gasteiger partial charge in [-0.05, 0) is 49.1 Å². The number of thiophene rings is 1. The number of likely N-dealkylation sites (tertiary alicyclic amines) is 1. The molecule has 0 saturated carbocycles. The Morgan fingerprint density at radius 3 is 2.21 bits per heavy atom. The van der Waals surface area contributed by atoms with E-state index in [1.807, 2.05) is 21.9 Å². The lowest BCUT2D eigenvalue weighted by atomic mass is 10.1. The Bertz CT molecular complexity index is 853. The average Bonchev–Trinajstić information content (AvgIpc) is 3.25. The van der Waals surface area contributed by atoms with E-state index in [1.165, 1.54) is 29.9 Å². The van der Waals surface area contributed by atoms with E-state index in [-0.39, 0.29) is 17.6 Å². The van der Waals surface area contributed by atoms with Crippen LogP contribution >= 0.6 is 11.3 Å². The molecular formula is C22H26FN3O2S. The molecule has 0 N–H and O–H groups in total. The third kappa shape index (κ3) is 4.85. The molecule has 0 radical (unpaired) electrons. The maximum atomic E-state index is 13.1. The summed E-state index contributed by atoms with van der Waals surface area (Å²) in [5.74, 6) is -0.0183. The van der Waals surface area contributed by atoms with Crippen molar-refractivity contribution in [2.45, 2.75) is 19.3 Å². The third-order valence-corrected chi connectivity index (χ3v) is 6.79. The lowest BCUT2D eigenvalue weighted by Crippen LogP contribution is -2.51. The van der Waals surface area contributed by atoms with Gasteiger partial charge in [-0.3, -0.25) is 14.5 Å². The standard InChI is InChI=1S/C22H26FN3O2S/c23-18-6-4-17(5-7-18)19-8-9-20(29-19)22(28)26-14-12-24(13-15-26)16-21(27)25-10-2-1-3-11-25/h4-9H,1-3,10-16H2. The summed E-state index contributed by atoms with van der Waals surface area (Å²) in [5, 5.41) is 0. The van der Waals surface area contributed by atoms with Gasteiger partial charge in [0.25, 0.3) is 5.91 Å². The number of amides is 2. The summed E-state index contributed by atoms with van der Waals surface area (Å²) in [6, 6.07) is 10.1. The number of carbonyl (C=O) groups excluding carboxylic acids is 2. The zero-order chi connectivity index (χ0) is 20.2. The number of piperidine rings is 1. The van der Waals surface area contributed by atoms with E-state index in [4.69, 9.17) is 0 Å². The molecule has 2 fully saturated rings. The molecular weight excluding hydrogens is 389 g/mol. The van der Waals surface area contributed by atoms with Crippen LogP contribution in [0.25, 0.3) is 10.4 Å². The second-order valence-electron chi connectivity index (χ2n) is 7.68. The highest BCUT2D eigenvalue weighted by atomic mass is 32.1. The van der Waals surface area contributed by atoms with Crippen molar-refractivity contribution in [3.05, 3.63) is 47.1 Å². The molecule has 2 aliphatic heterocycles. The molecule has 0 bridgehead atoms. The molecule has 154 valence electrons. The topological polar surface area (TPSA) is 43.9 Å². The van der Waals surface area contributed by atoms with Crippen LogP contribution in [0.4, 0.5) is 4.39 Å². The van der Waals surface area contributed by atoms with Crippen LogP contribution in [0.1, 0.15) is 28.9 Å². The summed E-state index contributed by atoms with van der Waals surface area (Å²) in [6.07, 6.45) is 3.43. The van der Waals surface area contributed by atoms with Gasteiger partial charge in [0.2, 0.25) is 5.91 Å². The minimum absolute atomic E-state index is 0.0327. The molecule has 7 heteroatoms. The first kappa shape index (κ1) is 20.0. The summed E-state index contributed by atoms with van der Waals surface area (Å²) in [7, 11) is 0. The van der Waals surface area contributed by atoms with Gasteiger partial charge in [-0.1, -0.05) is 12.1 Å². The Balaban J connectivity index is 1.30. The van der Waals surface area contributed by atoms with Gasteiger partial charge in [0.1, 0.15) is 5.82 Å². The molecule has 0 atom stereocenters. The van der Waals surface area contributed by atoms with E-state index < -0.39 is 0 Å². The van der Waals surface area contributed by atoms with Gasteiger partial charge in [-0.25, -0.2) is 4.39 Å². The Hall–Kier alpha value is -2.25. The summed E-state index contributed by atoms with van der Waals surface area (Å²) in [4.78, 5) is 32.9. The molecule has 2 aliphatic rings. The highest BCUT2D eigenvalue weighted by Gasteiger charge is 2.26. The van der Waals surface area contributed by atoms with Gasteiger partial charge < -0.3 is 9.80 Å². The first-order chi connectivity index (χ1) is 14.1. The van der Waals surface area contributed by atoms with Crippen LogP contribution in [-0.4, -0.2) is 72.3 Å². The van der Waals surface area contributed by atoms with Crippen molar-refractivity contribution >= 4 is 23.2 Å². The van der Waals surface area contributed by atoms with Crippen molar-refractivity contribution in [3.63, 3.8) is 0 Å². The third-order valence-electron chi connectivity index (χ3n) is 5.67. The predicted octanol–water partition coefficient (Wildman–Crippen LogP) is 3.32. The quantitative estimate of drug-likeness (QED) is 0.770. The first-order valence-corrected chi connectivity index (χ1v) is 11.1. The molecule has 1 aromatic carbocycles. The van der Waals surface area contributed by atoms with Crippen LogP contribution in [-0.2, 0) is 4.79 Å². The summed E-state index contributed by atoms with van der Waals surface area (Å²) in [5.41, 5.74) is 0.913. The highest BCUT2D eigenvalue weighted by Crippen LogP contribution is 2.29. The Kier molecular flexibility index (Phi) is 6.25. The number of hydrogen-bond donors (Lipinski definition) is 0. The highest BCUT2D eigenvalue weighted by molar-refractivity contribution is 7.17. The largest absolute Gasteiger partial charge is 0.342 e. The van der Waals surface area contributed by atoms with Gasteiger partial charge in [0.15, 0.2) is 0 Å². The molecule has 29 heavy (non-hydrogen) atoms. The minimum atomic E-state index is -0.266. The van der Waals surface area contributed by atoms with Gasteiger partial charge in [-0.15, -0.1) is 11.3 Å². The van der Waals surface area contributed by atoms with E-state index in [1.54, 1.807) is 12.1 Å². The zero-order valence-corrected chi connectivity index (χ0v) is 17.3. The Morgan fingerprint density at radius 1 is 0.828 bits per heavy atom. The second kappa shape index (κ2) is 9.05. The van der Waals surface area contributed by atoms with Crippen LogP contribution < -0.4 is 0 Å². The van der Waals surface area contributed by atoms with E-state index in [9.17, 15) is 14.0 Å².